The number of fused-ring (bicyclic) bond motifs is 1. The summed E-state index contributed by atoms with van der Waals surface area (Å²) in [5.74, 6) is 1.18. The van der Waals surface area contributed by atoms with E-state index in [4.69, 9.17) is 4.74 Å². The van der Waals surface area contributed by atoms with Crippen molar-refractivity contribution in [3.05, 3.63) is 53.6 Å². The van der Waals surface area contributed by atoms with Crippen molar-refractivity contribution >= 4 is 11.9 Å². The number of halogens is 1. The number of hydrogen-bond donors (Lipinski definition) is 1. The van der Waals surface area contributed by atoms with Gasteiger partial charge in [0.2, 0.25) is 5.69 Å². The maximum absolute atomic E-state index is 9.57. The van der Waals surface area contributed by atoms with Gasteiger partial charge in [-0.3, -0.25) is 0 Å². The minimum absolute atomic E-state index is 0. The fourth-order valence-electron chi connectivity index (χ4n) is 2.47. The second-order valence-corrected chi connectivity index (χ2v) is 4.63. The lowest BCUT2D eigenvalue weighted by Crippen LogP contribution is -3.00. The van der Waals surface area contributed by atoms with Gasteiger partial charge in [-0.25, -0.2) is 0 Å². The predicted molar refractivity (Wildman–Crippen MR) is 74.8 cm³/mol. The zero-order valence-electron chi connectivity index (χ0n) is 11.2. The minimum Gasteiger partial charge on any atom is -1.00 e. The second kappa shape index (κ2) is 6.09. The number of phenolic OH excluding ortho intramolecular Hbond substituents is 1. The quantitative estimate of drug-likeness (QED) is 0.767. The van der Waals surface area contributed by atoms with Gasteiger partial charge < -0.3 is 26.8 Å². The highest BCUT2D eigenvalue weighted by molar-refractivity contribution is 5.83. The maximum atomic E-state index is 9.57. The molecule has 0 saturated heterocycles. The Morgan fingerprint density at radius 3 is 2.70 bits per heavy atom. The molecular weight excluding hydrogens is 318 g/mol. The van der Waals surface area contributed by atoms with E-state index in [1.165, 1.54) is 5.56 Å². The van der Waals surface area contributed by atoms with Crippen LogP contribution < -0.4 is 21.7 Å². The van der Waals surface area contributed by atoms with Crippen LogP contribution >= 0.6 is 0 Å². The number of nitrogens with zero attached hydrogens (tertiary/aromatic N) is 1. The second-order valence-electron chi connectivity index (χ2n) is 4.63. The lowest BCUT2D eigenvalue weighted by molar-refractivity contribution is -0.436. The molecule has 0 spiro atoms. The number of ether oxygens (including phenoxy) is 1. The molecule has 20 heavy (non-hydrogen) atoms. The molecular formula is C16H16BrNO2. The van der Waals surface area contributed by atoms with Crippen LogP contribution in [-0.4, -0.2) is 29.6 Å². The normalized spacial score (nSPS) is 12.9. The Bertz CT molecular complexity index is 653. The number of rotatable bonds is 2. The number of aromatic hydroxyl groups is 1. The molecule has 1 aliphatic heterocycles. The van der Waals surface area contributed by atoms with Gasteiger partial charge in [0.15, 0.2) is 12.8 Å². The number of benzene rings is 2. The molecule has 3 nitrogen and oxygen atoms in total. The van der Waals surface area contributed by atoms with E-state index in [0.29, 0.717) is 0 Å². The van der Waals surface area contributed by atoms with Crippen LogP contribution in [0.4, 0.5) is 5.69 Å². The lowest BCUT2D eigenvalue weighted by Gasteiger charge is -2.14. The number of phenols is 1. The Kier molecular flexibility index (Phi) is 4.45. The van der Waals surface area contributed by atoms with Crippen molar-refractivity contribution in [3.63, 3.8) is 0 Å². The van der Waals surface area contributed by atoms with E-state index in [1.807, 2.05) is 24.3 Å². The minimum atomic E-state index is 0. The molecule has 0 radical (unpaired) electrons. The van der Waals surface area contributed by atoms with E-state index in [2.05, 4.69) is 16.9 Å². The third kappa shape index (κ3) is 2.70. The van der Waals surface area contributed by atoms with Crippen molar-refractivity contribution in [2.45, 2.75) is 6.42 Å². The maximum Gasteiger partial charge on any atom is 0.208 e. The molecule has 1 aliphatic rings. The van der Waals surface area contributed by atoms with Gasteiger partial charge in [-0.15, -0.1) is 0 Å². The molecule has 4 heteroatoms. The summed E-state index contributed by atoms with van der Waals surface area (Å²) in [5, 5.41) is 9.57. The van der Waals surface area contributed by atoms with E-state index in [1.54, 1.807) is 19.2 Å². The van der Waals surface area contributed by atoms with E-state index < -0.39 is 0 Å². The Hall–Kier alpha value is -1.81. The topological polar surface area (TPSA) is 32.5 Å². The average Bonchev–Trinajstić information content (AvgIpc) is 2.46. The van der Waals surface area contributed by atoms with Gasteiger partial charge in [-0.05, 0) is 17.7 Å². The van der Waals surface area contributed by atoms with Crippen LogP contribution in [0.2, 0.25) is 0 Å². The first-order valence-electron chi connectivity index (χ1n) is 6.34. The van der Waals surface area contributed by atoms with Crippen molar-refractivity contribution in [2.75, 3.05) is 13.7 Å². The summed E-state index contributed by atoms with van der Waals surface area (Å²) in [4.78, 5) is 0. The van der Waals surface area contributed by atoms with Gasteiger partial charge in [0.1, 0.15) is 11.5 Å². The molecule has 0 fully saturated rings. The Morgan fingerprint density at radius 1 is 1.15 bits per heavy atom. The molecule has 0 aliphatic carbocycles. The summed E-state index contributed by atoms with van der Waals surface area (Å²) in [6.07, 6.45) is 3.06. The van der Waals surface area contributed by atoms with Crippen LogP contribution in [0.5, 0.6) is 11.5 Å². The van der Waals surface area contributed by atoms with Gasteiger partial charge in [-0.2, -0.15) is 4.58 Å². The van der Waals surface area contributed by atoms with Gasteiger partial charge in [-0.1, -0.05) is 18.2 Å². The van der Waals surface area contributed by atoms with E-state index in [-0.39, 0.29) is 22.7 Å². The first-order valence-corrected chi connectivity index (χ1v) is 6.34. The number of methoxy groups -OCH3 is 1. The monoisotopic (exact) mass is 333 g/mol. The predicted octanol–water partition coefficient (Wildman–Crippen LogP) is -0.276. The molecule has 3 rings (SSSR count). The van der Waals surface area contributed by atoms with Crippen molar-refractivity contribution < 1.29 is 31.4 Å². The van der Waals surface area contributed by atoms with Crippen molar-refractivity contribution in [2.24, 2.45) is 0 Å². The number of hydrogen-bond acceptors (Lipinski definition) is 2. The van der Waals surface area contributed by atoms with Gasteiger partial charge in [0, 0.05) is 12.5 Å². The van der Waals surface area contributed by atoms with Crippen LogP contribution in [0.3, 0.4) is 0 Å². The van der Waals surface area contributed by atoms with Crippen LogP contribution in [0, 0.1) is 0 Å². The molecule has 0 atom stereocenters. The summed E-state index contributed by atoms with van der Waals surface area (Å²) in [6, 6.07) is 13.4. The first kappa shape index (κ1) is 14.6. The summed E-state index contributed by atoms with van der Waals surface area (Å²) in [5.41, 5.74) is 3.42. The highest BCUT2D eigenvalue weighted by Crippen LogP contribution is 2.26. The highest BCUT2D eigenvalue weighted by atomic mass is 79.9. The highest BCUT2D eigenvalue weighted by Gasteiger charge is 2.20. The smallest absolute Gasteiger partial charge is 0.208 e. The summed E-state index contributed by atoms with van der Waals surface area (Å²) < 4.78 is 7.56. The molecule has 2 aromatic carbocycles. The largest absolute Gasteiger partial charge is 1.00 e. The third-order valence-electron chi connectivity index (χ3n) is 3.44. The van der Waals surface area contributed by atoms with Crippen LogP contribution in [0.1, 0.15) is 11.1 Å². The summed E-state index contributed by atoms with van der Waals surface area (Å²) in [6.45, 7) is 0.906. The van der Waals surface area contributed by atoms with E-state index >= 15 is 0 Å². The third-order valence-corrected chi connectivity index (χ3v) is 3.44. The standard InChI is InChI=1S/C16H15NO2.BrH/c1-19-16-7-2-4-12-8-9-17(11-15(12)16)13-5-3-6-14(18)10-13;/h2-7,10-11H,8-9H2,1H3;1H. The zero-order chi connectivity index (χ0) is 13.2. The lowest BCUT2D eigenvalue weighted by atomic mass is 10.0. The summed E-state index contributed by atoms with van der Waals surface area (Å²) in [7, 11) is 1.69. The zero-order valence-corrected chi connectivity index (χ0v) is 12.8. The van der Waals surface area contributed by atoms with Crippen LogP contribution in [0.15, 0.2) is 42.5 Å². The molecule has 0 aromatic heterocycles. The molecule has 2 aromatic rings. The van der Waals surface area contributed by atoms with Crippen molar-refractivity contribution in [1.82, 2.24) is 0 Å². The van der Waals surface area contributed by atoms with Gasteiger partial charge in [0.25, 0.3) is 0 Å². The van der Waals surface area contributed by atoms with Crippen LogP contribution in [0.25, 0.3) is 0 Å². The van der Waals surface area contributed by atoms with Crippen molar-refractivity contribution in [1.29, 1.82) is 0 Å². The molecule has 0 saturated carbocycles. The fourth-order valence-corrected chi connectivity index (χ4v) is 2.47. The SMILES string of the molecule is COc1cccc2c1C=[N+](c1cccc(O)c1)CC2.[Br-]. The van der Waals surface area contributed by atoms with E-state index in [0.717, 1.165) is 30.0 Å². The molecule has 1 N–H and O–H groups in total. The average molecular weight is 334 g/mol. The van der Waals surface area contributed by atoms with Gasteiger partial charge >= 0.3 is 0 Å². The van der Waals surface area contributed by atoms with Crippen molar-refractivity contribution in [3.8, 4) is 11.5 Å². The molecule has 1 heterocycles. The Labute approximate surface area is 128 Å². The fraction of sp³-hybridized carbons (Fsp3) is 0.188. The molecule has 104 valence electrons. The molecule has 0 amide bonds. The Morgan fingerprint density at radius 2 is 1.95 bits per heavy atom. The Balaban J connectivity index is 0.00000147. The van der Waals surface area contributed by atoms with E-state index in [9.17, 15) is 5.11 Å². The first-order chi connectivity index (χ1) is 9.28. The van der Waals surface area contributed by atoms with Crippen LogP contribution in [-0.2, 0) is 6.42 Å². The molecule has 0 unspecified atom stereocenters. The summed E-state index contributed by atoms with van der Waals surface area (Å²) >= 11 is 0. The van der Waals surface area contributed by atoms with Gasteiger partial charge in [0.05, 0.1) is 18.7 Å². The molecule has 0 bridgehead atoms.